The Hall–Kier alpha value is -2.63. The fraction of sp³-hybridized carbons (Fsp3) is 0. The molecule has 0 spiro atoms. The molecule has 0 unspecified atom stereocenters. The average Bonchev–Trinajstić information content (AvgIpc) is 2.86. The predicted molar refractivity (Wildman–Crippen MR) is 128 cm³/mol. The van der Waals surface area contributed by atoms with Crippen LogP contribution in [-0.4, -0.2) is 12.0 Å². The second kappa shape index (κ2) is 10.0. The van der Waals surface area contributed by atoms with Crippen molar-refractivity contribution in [1.29, 1.82) is 0 Å². The topological polar surface area (TPSA) is 46.9 Å². The van der Waals surface area contributed by atoms with Gasteiger partial charge in [-0.05, 0) is 60.7 Å². The largest absolute Gasteiger partial charge is 0.428 e. The van der Waals surface area contributed by atoms with E-state index in [1.807, 2.05) is 0 Å². The molecule has 0 aliphatic rings. The highest BCUT2D eigenvalue weighted by Crippen LogP contribution is 2.68. The minimum atomic E-state index is -5.51. The van der Waals surface area contributed by atoms with Crippen molar-refractivity contribution < 1.29 is 34.0 Å². The first-order valence-corrected chi connectivity index (χ1v) is 13.7. The van der Waals surface area contributed by atoms with E-state index in [9.17, 15) is 30.4 Å². The summed E-state index contributed by atoms with van der Waals surface area (Å²) in [5.41, 5.74) is 0. The van der Waals surface area contributed by atoms with E-state index in [4.69, 9.17) is 23.2 Å². The Morgan fingerprint density at radius 2 is 0.889 bits per heavy atom. The number of hydrogen-bond donors (Lipinski definition) is 0. The maximum Gasteiger partial charge on any atom is 0.428 e. The molecule has 4 rings (SSSR count). The third-order valence-corrected chi connectivity index (χ3v) is 11.0. The zero-order valence-corrected chi connectivity index (χ0v) is 20.9. The molecule has 36 heavy (non-hydrogen) atoms. The average molecular weight is 580 g/mol. The normalized spacial score (nSPS) is 12.5. The van der Waals surface area contributed by atoms with Crippen molar-refractivity contribution in [1.82, 2.24) is 0 Å². The van der Waals surface area contributed by atoms with E-state index in [2.05, 4.69) is 3.63 Å². The molecule has 0 aliphatic heterocycles. The summed E-state index contributed by atoms with van der Waals surface area (Å²) in [6.45, 7) is 0. The first-order valence-electron chi connectivity index (χ1n) is 9.89. The number of benzene rings is 4. The van der Waals surface area contributed by atoms with Crippen molar-refractivity contribution in [3.63, 3.8) is 0 Å². The molecule has 0 heterocycles. The van der Waals surface area contributed by atoms with Crippen LogP contribution in [0.4, 0.5) is 22.0 Å². The lowest BCUT2D eigenvalue weighted by molar-refractivity contribution is 0.338. The van der Waals surface area contributed by atoms with Crippen molar-refractivity contribution in [2.75, 3.05) is 0 Å². The summed E-state index contributed by atoms with van der Waals surface area (Å²) < 4.78 is 101. The van der Waals surface area contributed by atoms with Crippen LogP contribution in [0.25, 0.3) is 0 Å². The Balaban J connectivity index is 2.08. The summed E-state index contributed by atoms with van der Waals surface area (Å²) in [7, 11) is -8.80. The third-order valence-electron chi connectivity index (χ3n) is 5.03. The second-order valence-electron chi connectivity index (χ2n) is 7.25. The fourth-order valence-corrected chi connectivity index (χ4v) is 9.23. The van der Waals surface area contributed by atoms with Gasteiger partial charge in [0.25, 0.3) is 0 Å². The standard InChI is InChI=1S/C24H13Cl2F5O3S2/c25-14-6-10-17(11-7-14)35(16-4-2-1-3-5-16,18-12-8-15(26)9-13-18)34-36(32,33)24-22(30)20(28)19(27)21(29)23(24)31/h1-13H/p+1. The van der Waals surface area contributed by atoms with Gasteiger partial charge < -0.3 is 0 Å². The molecular weight excluding hydrogens is 566 g/mol. The SMILES string of the molecule is O=S(=O)([OH+]S(c1ccccc1)(c1ccc(Cl)cc1)c1ccc(Cl)cc1)c1c(F)c(F)c(F)c(F)c1F. The highest BCUT2D eigenvalue weighted by atomic mass is 35.5. The van der Waals surface area contributed by atoms with Crippen LogP contribution >= 0.6 is 33.5 Å². The highest BCUT2D eigenvalue weighted by Gasteiger charge is 2.47. The quantitative estimate of drug-likeness (QED) is 0.0757. The molecule has 0 saturated heterocycles. The zero-order valence-electron chi connectivity index (χ0n) is 17.7. The van der Waals surface area contributed by atoms with Gasteiger partial charge in [0.2, 0.25) is 10.7 Å². The lowest BCUT2D eigenvalue weighted by Gasteiger charge is -2.34. The van der Waals surface area contributed by atoms with Gasteiger partial charge in [0, 0.05) is 10.0 Å². The van der Waals surface area contributed by atoms with Gasteiger partial charge in [-0.2, -0.15) is 0 Å². The summed E-state index contributed by atoms with van der Waals surface area (Å²) >= 11 is 12.0. The minimum Gasteiger partial charge on any atom is -0.258 e. The summed E-state index contributed by atoms with van der Waals surface area (Å²) in [5.74, 6) is -12.3. The molecule has 0 bridgehead atoms. The van der Waals surface area contributed by atoms with Gasteiger partial charge in [-0.15, -0.1) is 8.42 Å². The molecule has 0 fully saturated rings. The Labute approximate surface area is 214 Å². The number of hydrogen-bond acceptors (Lipinski definition) is 2. The first-order chi connectivity index (χ1) is 17.0. The highest BCUT2D eigenvalue weighted by molar-refractivity contribution is 8.32. The van der Waals surface area contributed by atoms with Crippen LogP contribution in [0.1, 0.15) is 0 Å². The smallest absolute Gasteiger partial charge is 0.258 e. The maximum atomic E-state index is 14.6. The maximum absolute atomic E-state index is 14.6. The Bertz CT molecular complexity index is 1460. The molecule has 12 heteroatoms. The molecule has 0 radical (unpaired) electrons. The van der Waals surface area contributed by atoms with Gasteiger partial charge in [0.05, 0.1) is 25.0 Å². The second-order valence-corrected chi connectivity index (χ2v) is 12.7. The van der Waals surface area contributed by atoms with E-state index in [1.165, 1.54) is 60.7 Å². The van der Waals surface area contributed by atoms with E-state index < -0.39 is 54.4 Å². The molecule has 3 nitrogen and oxygen atoms in total. The van der Waals surface area contributed by atoms with Crippen molar-refractivity contribution >= 4 is 43.6 Å². The Morgan fingerprint density at radius 1 is 0.528 bits per heavy atom. The third kappa shape index (κ3) is 4.59. The van der Waals surface area contributed by atoms with E-state index in [0.717, 1.165) is 0 Å². The van der Waals surface area contributed by atoms with E-state index >= 15 is 0 Å². The van der Waals surface area contributed by atoms with Gasteiger partial charge in [-0.1, -0.05) is 41.4 Å². The van der Waals surface area contributed by atoms with Gasteiger partial charge in [0.15, 0.2) is 23.3 Å². The van der Waals surface area contributed by atoms with E-state index in [0.29, 0.717) is 14.9 Å². The molecule has 4 aromatic carbocycles. The van der Waals surface area contributed by atoms with Crippen LogP contribution in [-0.2, 0) is 10.1 Å². The van der Waals surface area contributed by atoms with Crippen LogP contribution in [0, 0.1) is 29.1 Å². The molecule has 188 valence electrons. The summed E-state index contributed by atoms with van der Waals surface area (Å²) in [5, 5.41) is 0.609. The van der Waals surface area contributed by atoms with Crippen LogP contribution in [0.2, 0.25) is 10.0 Å². The monoisotopic (exact) mass is 579 g/mol. The zero-order chi connectivity index (χ0) is 26.3. The number of halogens is 7. The first kappa shape index (κ1) is 26.4. The van der Waals surface area contributed by atoms with Crippen LogP contribution < -0.4 is 0 Å². The van der Waals surface area contributed by atoms with Crippen molar-refractivity contribution in [2.24, 2.45) is 0 Å². The molecule has 0 amide bonds. The Kier molecular flexibility index (Phi) is 7.36. The Morgan fingerprint density at radius 3 is 1.31 bits per heavy atom. The molecule has 0 atom stereocenters. The molecular formula is C24H14Cl2F5O3S2+. The van der Waals surface area contributed by atoms with Gasteiger partial charge in [-0.25, -0.2) is 22.0 Å². The molecule has 4 aromatic rings. The lowest BCUT2D eigenvalue weighted by Crippen LogP contribution is -2.22. The van der Waals surface area contributed by atoms with E-state index in [-0.39, 0.29) is 9.79 Å². The lowest BCUT2D eigenvalue weighted by atomic mass is 10.3. The van der Waals surface area contributed by atoms with Crippen molar-refractivity contribution in [3.8, 4) is 0 Å². The predicted octanol–water partition coefficient (Wildman–Crippen LogP) is 8.37. The van der Waals surface area contributed by atoms with Gasteiger partial charge >= 0.3 is 10.1 Å². The van der Waals surface area contributed by atoms with Crippen LogP contribution in [0.5, 0.6) is 0 Å². The van der Waals surface area contributed by atoms with Gasteiger partial charge in [-0.3, -0.25) is 3.63 Å². The molecule has 0 saturated carbocycles. The molecule has 1 N–H and O–H groups in total. The van der Waals surface area contributed by atoms with Crippen LogP contribution in [0.15, 0.2) is 98.4 Å². The minimum absolute atomic E-state index is 0.257. The van der Waals surface area contributed by atoms with Crippen molar-refractivity contribution in [2.45, 2.75) is 19.6 Å². The molecule has 0 aromatic heterocycles. The summed E-state index contributed by atoms with van der Waals surface area (Å²) in [6.07, 6.45) is 0. The number of rotatable bonds is 6. The summed E-state index contributed by atoms with van der Waals surface area (Å²) in [6, 6.07) is 19.6. The van der Waals surface area contributed by atoms with E-state index in [1.54, 1.807) is 18.2 Å². The molecule has 0 aliphatic carbocycles. The summed E-state index contributed by atoms with van der Waals surface area (Å²) in [4.78, 5) is -1.24. The van der Waals surface area contributed by atoms with Crippen molar-refractivity contribution in [3.05, 3.63) is 118 Å². The fourth-order valence-electron chi connectivity index (χ4n) is 3.41. The van der Waals surface area contributed by atoms with Crippen LogP contribution in [0.3, 0.4) is 0 Å². The van der Waals surface area contributed by atoms with Gasteiger partial charge in [0.1, 0.15) is 0 Å².